The molecule has 0 unspecified atom stereocenters. The highest BCUT2D eigenvalue weighted by Gasteiger charge is 1.99. The van der Waals surface area contributed by atoms with E-state index in [0.29, 0.717) is 5.69 Å². The van der Waals surface area contributed by atoms with Gasteiger partial charge in [-0.1, -0.05) is 0 Å². The lowest BCUT2D eigenvalue weighted by Gasteiger charge is -2.00. The molecule has 0 saturated carbocycles. The van der Waals surface area contributed by atoms with Gasteiger partial charge in [0.25, 0.3) is 5.56 Å². The van der Waals surface area contributed by atoms with Gasteiger partial charge in [0.15, 0.2) is 0 Å². The maximum absolute atomic E-state index is 11.0. The normalized spacial score (nSPS) is 9.93. The molecule has 0 aromatic carbocycles. The predicted molar refractivity (Wildman–Crippen MR) is 107 cm³/mol. The molecule has 4 aromatic rings. The van der Waals surface area contributed by atoms with Crippen LogP contribution in [0.15, 0.2) is 84.6 Å². The average molecular weight is 358 g/mol. The van der Waals surface area contributed by atoms with Crippen molar-refractivity contribution in [3.8, 4) is 22.3 Å². The molecule has 0 aliphatic rings. The van der Waals surface area contributed by atoms with Crippen LogP contribution >= 0.6 is 0 Å². The third kappa shape index (κ3) is 4.76. The van der Waals surface area contributed by atoms with Gasteiger partial charge >= 0.3 is 0 Å². The second-order valence-corrected chi connectivity index (χ2v) is 5.65. The van der Waals surface area contributed by atoms with Gasteiger partial charge < -0.3 is 16.5 Å². The van der Waals surface area contributed by atoms with Crippen molar-refractivity contribution in [1.29, 1.82) is 0 Å². The van der Waals surface area contributed by atoms with E-state index in [1.807, 2.05) is 30.3 Å². The fourth-order valence-corrected chi connectivity index (χ4v) is 2.37. The van der Waals surface area contributed by atoms with E-state index < -0.39 is 0 Å². The largest absolute Gasteiger partial charge is 0.397 e. The van der Waals surface area contributed by atoms with E-state index in [1.54, 1.807) is 49.4 Å². The minimum Gasteiger partial charge on any atom is -0.397 e. The molecule has 0 bridgehead atoms. The highest BCUT2D eigenvalue weighted by Crippen LogP contribution is 2.18. The van der Waals surface area contributed by atoms with Gasteiger partial charge in [-0.25, -0.2) is 0 Å². The van der Waals surface area contributed by atoms with Crippen molar-refractivity contribution in [3.63, 3.8) is 0 Å². The van der Waals surface area contributed by atoms with E-state index in [2.05, 4.69) is 19.9 Å². The molecule has 4 aromatic heterocycles. The van der Waals surface area contributed by atoms with E-state index >= 15 is 0 Å². The third-order valence-electron chi connectivity index (χ3n) is 3.72. The topological polar surface area (TPSA) is 124 Å². The molecule has 4 heterocycles. The summed E-state index contributed by atoms with van der Waals surface area (Å²) in [6, 6.07) is 11.1. The molecule has 7 heteroatoms. The van der Waals surface area contributed by atoms with Gasteiger partial charge in [-0.2, -0.15) is 0 Å². The number of aromatic amines is 1. The Kier molecular flexibility index (Phi) is 5.54. The molecule has 4 rings (SSSR count). The first kappa shape index (κ1) is 17.8. The van der Waals surface area contributed by atoms with Gasteiger partial charge in [0.05, 0.1) is 11.4 Å². The first-order valence-corrected chi connectivity index (χ1v) is 8.13. The second kappa shape index (κ2) is 8.39. The number of nitrogens with zero attached hydrogens (tertiary/aromatic N) is 3. The third-order valence-corrected chi connectivity index (χ3v) is 3.72. The minimum absolute atomic E-state index is 0.222. The van der Waals surface area contributed by atoms with Crippen LogP contribution in [-0.2, 0) is 0 Å². The molecule has 134 valence electrons. The minimum atomic E-state index is -0.261. The molecule has 27 heavy (non-hydrogen) atoms. The van der Waals surface area contributed by atoms with Crippen molar-refractivity contribution in [2.75, 3.05) is 11.5 Å². The van der Waals surface area contributed by atoms with Crippen LogP contribution in [0.1, 0.15) is 0 Å². The Morgan fingerprint density at radius 1 is 0.704 bits per heavy atom. The fourth-order valence-electron chi connectivity index (χ4n) is 2.37. The van der Waals surface area contributed by atoms with E-state index in [1.165, 1.54) is 0 Å². The monoisotopic (exact) mass is 358 g/mol. The summed E-state index contributed by atoms with van der Waals surface area (Å²) < 4.78 is 0. The summed E-state index contributed by atoms with van der Waals surface area (Å²) in [4.78, 5) is 25.4. The van der Waals surface area contributed by atoms with E-state index in [9.17, 15) is 4.79 Å². The molecule has 5 N–H and O–H groups in total. The average Bonchev–Trinajstić information content (AvgIpc) is 2.72. The van der Waals surface area contributed by atoms with Crippen molar-refractivity contribution >= 4 is 11.4 Å². The van der Waals surface area contributed by atoms with Crippen LogP contribution in [-0.4, -0.2) is 19.9 Å². The predicted octanol–water partition coefficient (Wildman–Crippen LogP) is 2.74. The number of anilines is 2. The summed E-state index contributed by atoms with van der Waals surface area (Å²) in [7, 11) is 0. The van der Waals surface area contributed by atoms with Gasteiger partial charge in [0, 0.05) is 54.5 Å². The Morgan fingerprint density at radius 3 is 1.85 bits per heavy atom. The summed E-state index contributed by atoms with van der Waals surface area (Å²) in [6.07, 6.45) is 11.9. The van der Waals surface area contributed by atoms with Crippen molar-refractivity contribution < 1.29 is 0 Å². The molecule has 0 spiro atoms. The molecular weight excluding hydrogens is 340 g/mol. The van der Waals surface area contributed by atoms with Crippen molar-refractivity contribution in [3.05, 3.63) is 90.1 Å². The number of hydrogen-bond acceptors (Lipinski definition) is 6. The molecule has 0 aliphatic heterocycles. The summed E-state index contributed by atoms with van der Waals surface area (Å²) >= 11 is 0. The number of aromatic nitrogens is 4. The summed E-state index contributed by atoms with van der Waals surface area (Å²) in [6.45, 7) is 0. The van der Waals surface area contributed by atoms with Crippen molar-refractivity contribution in [2.24, 2.45) is 0 Å². The first-order chi connectivity index (χ1) is 13.1. The SMILES string of the molecule is Nc1cc(-c2ccncc2)c[nH]c1=O.Nc1cncc(-c2ccncc2)c1. The Bertz CT molecular complexity index is 1060. The van der Waals surface area contributed by atoms with Gasteiger partial charge in [0.1, 0.15) is 0 Å². The molecule has 0 atom stereocenters. The Balaban J connectivity index is 0.000000156. The number of hydrogen-bond donors (Lipinski definition) is 3. The van der Waals surface area contributed by atoms with Gasteiger partial charge in [-0.3, -0.25) is 19.7 Å². The molecule has 7 nitrogen and oxygen atoms in total. The Labute approximate surface area is 155 Å². The van der Waals surface area contributed by atoms with Crippen LogP contribution in [0.2, 0.25) is 0 Å². The number of rotatable bonds is 2. The smallest absolute Gasteiger partial charge is 0.271 e. The zero-order valence-corrected chi connectivity index (χ0v) is 14.4. The lowest BCUT2D eigenvalue weighted by atomic mass is 10.1. The van der Waals surface area contributed by atoms with Gasteiger partial charge in [-0.05, 0) is 47.5 Å². The first-order valence-electron chi connectivity index (χ1n) is 8.13. The summed E-state index contributed by atoms with van der Waals surface area (Å²) in [5, 5.41) is 0. The number of nitrogen functional groups attached to an aromatic ring is 2. The Morgan fingerprint density at radius 2 is 1.30 bits per heavy atom. The van der Waals surface area contributed by atoms with E-state index in [-0.39, 0.29) is 11.2 Å². The van der Waals surface area contributed by atoms with Crippen LogP contribution in [0.4, 0.5) is 11.4 Å². The molecule has 0 radical (unpaired) electrons. The van der Waals surface area contributed by atoms with E-state index in [4.69, 9.17) is 11.5 Å². The standard InChI is InChI=1S/C10H9N3O.C10H9N3/c11-9-5-8(6-13-10(9)14)7-1-3-12-4-2-7;11-10-5-9(6-13-7-10)8-1-3-12-4-2-8/h1-6H,11H2,(H,13,14);1-7H,11H2. The highest BCUT2D eigenvalue weighted by atomic mass is 16.1. The van der Waals surface area contributed by atoms with Crippen molar-refractivity contribution in [1.82, 2.24) is 19.9 Å². The van der Waals surface area contributed by atoms with Gasteiger partial charge in [-0.15, -0.1) is 0 Å². The van der Waals surface area contributed by atoms with Crippen LogP contribution in [0.3, 0.4) is 0 Å². The van der Waals surface area contributed by atoms with Crippen molar-refractivity contribution in [2.45, 2.75) is 0 Å². The maximum atomic E-state index is 11.0. The fraction of sp³-hybridized carbons (Fsp3) is 0. The number of pyridine rings is 4. The molecule has 0 amide bonds. The van der Waals surface area contributed by atoms with Crippen LogP contribution in [0.25, 0.3) is 22.3 Å². The molecule has 0 saturated heterocycles. The number of H-pyrrole nitrogens is 1. The van der Waals surface area contributed by atoms with Crippen LogP contribution in [0, 0.1) is 0 Å². The summed E-state index contributed by atoms with van der Waals surface area (Å²) in [5.41, 5.74) is 15.7. The maximum Gasteiger partial charge on any atom is 0.271 e. The number of nitrogens with one attached hydrogen (secondary N) is 1. The van der Waals surface area contributed by atoms with Gasteiger partial charge in [0.2, 0.25) is 0 Å². The summed E-state index contributed by atoms with van der Waals surface area (Å²) in [5.74, 6) is 0. The lowest BCUT2D eigenvalue weighted by molar-refractivity contribution is 1.24. The molecule has 0 fully saturated rings. The van der Waals surface area contributed by atoms with Crippen LogP contribution < -0.4 is 17.0 Å². The lowest BCUT2D eigenvalue weighted by Crippen LogP contribution is -2.10. The van der Waals surface area contributed by atoms with Crippen LogP contribution in [0.5, 0.6) is 0 Å². The molecule has 0 aliphatic carbocycles. The molecular formula is C20H18N6O. The Hall–Kier alpha value is -4.00. The quantitative estimate of drug-likeness (QED) is 0.506. The van der Waals surface area contributed by atoms with E-state index in [0.717, 1.165) is 22.3 Å². The number of nitrogens with two attached hydrogens (primary N) is 2. The second-order valence-electron chi connectivity index (χ2n) is 5.65. The zero-order chi connectivity index (χ0) is 19.1. The zero-order valence-electron chi connectivity index (χ0n) is 14.4. The highest BCUT2D eigenvalue weighted by molar-refractivity contribution is 5.65.